The Labute approximate surface area is 150 Å². The summed E-state index contributed by atoms with van der Waals surface area (Å²) in [6.45, 7) is -0.734. The predicted molar refractivity (Wildman–Crippen MR) is 80.0 cm³/mol. The molecular formula is C16H11F6NO3S. The van der Waals surface area contributed by atoms with Gasteiger partial charge in [0, 0.05) is 6.54 Å². The molecule has 11 heteroatoms. The maximum atomic E-state index is 14.0. The molecule has 0 bridgehead atoms. The summed E-state index contributed by atoms with van der Waals surface area (Å²) in [5, 5.41) is 0. The highest BCUT2D eigenvalue weighted by molar-refractivity contribution is 7.89. The summed E-state index contributed by atoms with van der Waals surface area (Å²) in [4.78, 5) is -1.94. The Kier molecular flexibility index (Phi) is 5.19. The lowest BCUT2D eigenvalue weighted by molar-refractivity contribution is -0.0388. The van der Waals surface area contributed by atoms with Gasteiger partial charge in [0.05, 0.1) is 19.3 Å². The Morgan fingerprint density at radius 3 is 1.78 bits per heavy atom. The summed E-state index contributed by atoms with van der Waals surface area (Å²) in [6.07, 6.45) is 0. The second kappa shape index (κ2) is 7.13. The van der Waals surface area contributed by atoms with Crippen molar-refractivity contribution < 1.29 is 39.5 Å². The van der Waals surface area contributed by atoms with Crippen LogP contribution in [0, 0.1) is 34.9 Å². The van der Waals surface area contributed by atoms with Crippen molar-refractivity contribution in [2.45, 2.75) is 17.5 Å². The predicted octanol–water partition coefficient (Wildman–Crippen LogP) is 3.11. The van der Waals surface area contributed by atoms with Crippen LogP contribution in [0.2, 0.25) is 0 Å². The Morgan fingerprint density at radius 1 is 0.852 bits per heavy atom. The van der Waals surface area contributed by atoms with Crippen molar-refractivity contribution in [2.75, 3.05) is 13.2 Å². The second-order valence-corrected chi connectivity index (χ2v) is 7.59. The molecule has 0 saturated carbocycles. The van der Waals surface area contributed by atoms with Gasteiger partial charge in [-0.05, 0) is 17.7 Å². The molecule has 146 valence electrons. The van der Waals surface area contributed by atoms with Crippen LogP contribution in [-0.2, 0) is 21.3 Å². The molecule has 0 atom stereocenters. The Balaban J connectivity index is 2.10. The van der Waals surface area contributed by atoms with Gasteiger partial charge in [-0.2, -0.15) is 4.31 Å². The zero-order chi connectivity index (χ0) is 19.9. The number of nitrogens with zero attached hydrogens (tertiary/aromatic N) is 1. The van der Waals surface area contributed by atoms with E-state index in [9.17, 15) is 34.8 Å². The largest absolute Gasteiger partial charge is 0.378 e. The highest BCUT2D eigenvalue weighted by atomic mass is 32.2. The highest BCUT2D eigenvalue weighted by Gasteiger charge is 2.42. The SMILES string of the molecule is O=S(=O)(c1c(F)c(F)c(F)c(F)c1F)N(Cc1ccc(F)cc1)C1COC1. The lowest BCUT2D eigenvalue weighted by atomic mass is 10.2. The van der Waals surface area contributed by atoms with Crippen LogP contribution >= 0.6 is 0 Å². The number of hydrogen-bond donors (Lipinski definition) is 0. The molecule has 0 aliphatic carbocycles. The number of benzene rings is 2. The van der Waals surface area contributed by atoms with Crippen LogP contribution in [-0.4, -0.2) is 32.0 Å². The van der Waals surface area contributed by atoms with Crippen LogP contribution in [0.3, 0.4) is 0 Å². The maximum Gasteiger partial charge on any atom is 0.249 e. The number of ether oxygens (including phenoxy) is 1. The molecule has 1 aliphatic heterocycles. The zero-order valence-electron chi connectivity index (χ0n) is 13.4. The number of sulfonamides is 1. The first kappa shape index (κ1) is 19.6. The third-order valence-corrected chi connectivity index (χ3v) is 5.93. The molecule has 0 spiro atoms. The van der Waals surface area contributed by atoms with Crippen LogP contribution < -0.4 is 0 Å². The van der Waals surface area contributed by atoms with E-state index in [-0.39, 0.29) is 18.8 Å². The molecule has 1 aliphatic rings. The summed E-state index contributed by atoms with van der Waals surface area (Å²) in [5.74, 6) is -12.7. The summed E-state index contributed by atoms with van der Waals surface area (Å²) >= 11 is 0. The first-order chi connectivity index (χ1) is 12.6. The Morgan fingerprint density at radius 2 is 1.33 bits per heavy atom. The second-order valence-electron chi connectivity index (χ2n) is 5.77. The summed E-state index contributed by atoms with van der Waals surface area (Å²) in [7, 11) is -5.13. The molecule has 27 heavy (non-hydrogen) atoms. The molecule has 0 radical (unpaired) electrons. The van der Waals surface area contributed by atoms with Crippen molar-refractivity contribution in [1.29, 1.82) is 0 Å². The van der Waals surface area contributed by atoms with Crippen LogP contribution in [0.25, 0.3) is 0 Å². The lowest BCUT2D eigenvalue weighted by Gasteiger charge is -2.36. The van der Waals surface area contributed by atoms with Crippen molar-refractivity contribution in [2.24, 2.45) is 0 Å². The highest BCUT2D eigenvalue weighted by Crippen LogP contribution is 2.31. The molecular weight excluding hydrogens is 400 g/mol. The summed E-state index contributed by atoms with van der Waals surface area (Å²) in [5.41, 5.74) is 0.246. The molecule has 0 unspecified atom stereocenters. The maximum absolute atomic E-state index is 14.0. The molecule has 0 amide bonds. The van der Waals surface area contributed by atoms with Crippen LogP contribution in [0.1, 0.15) is 5.56 Å². The van der Waals surface area contributed by atoms with Gasteiger partial charge in [0.1, 0.15) is 5.82 Å². The first-order valence-corrected chi connectivity index (χ1v) is 8.94. The monoisotopic (exact) mass is 411 g/mol. The van der Waals surface area contributed by atoms with Crippen molar-refractivity contribution in [3.63, 3.8) is 0 Å². The summed E-state index contributed by atoms with van der Waals surface area (Å²) in [6, 6.07) is 3.66. The van der Waals surface area contributed by atoms with E-state index in [0.29, 0.717) is 4.31 Å². The molecule has 0 aromatic heterocycles. The molecule has 1 saturated heterocycles. The van der Waals surface area contributed by atoms with Gasteiger partial charge < -0.3 is 4.74 Å². The Bertz CT molecular complexity index is 948. The molecule has 2 aromatic rings. The van der Waals surface area contributed by atoms with Gasteiger partial charge >= 0.3 is 0 Å². The minimum Gasteiger partial charge on any atom is -0.378 e. The smallest absolute Gasteiger partial charge is 0.249 e. The summed E-state index contributed by atoms with van der Waals surface area (Å²) < 4.78 is 112. The standard InChI is InChI=1S/C16H11F6NO3S/c17-9-3-1-8(2-4-9)5-23(10-6-26-7-10)27(24,25)16-14(21)12(19)11(18)13(20)15(16)22/h1-4,10H,5-7H2. The van der Waals surface area contributed by atoms with Gasteiger partial charge in [0.15, 0.2) is 28.2 Å². The lowest BCUT2D eigenvalue weighted by Crippen LogP contribution is -2.51. The average Bonchev–Trinajstić information content (AvgIpc) is 2.58. The van der Waals surface area contributed by atoms with E-state index in [0.717, 1.165) is 12.1 Å². The minimum absolute atomic E-state index is 0.129. The third-order valence-electron chi connectivity index (χ3n) is 4.02. The van der Waals surface area contributed by atoms with E-state index in [1.54, 1.807) is 0 Å². The molecule has 2 aromatic carbocycles. The van der Waals surface area contributed by atoms with Crippen LogP contribution in [0.5, 0.6) is 0 Å². The van der Waals surface area contributed by atoms with Gasteiger partial charge in [-0.25, -0.2) is 34.8 Å². The van der Waals surface area contributed by atoms with Crippen molar-refractivity contribution in [1.82, 2.24) is 4.31 Å². The fourth-order valence-corrected chi connectivity index (χ4v) is 4.20. The van der Waals surface area contributed by atoms with Gasteiger partial charge in [-0.1, -0.05) is 12.1 Å². The van der Waals surface area contributed by atoms with E-state index in [1.807, 2.05) is 0 Å². The van der Waals surface area contributed by atoms with E-state index < -0.39 is 62.4 Å². The molecule has 0 N–H and O–H groups in total. The third kappa shape index (κ3) is 3.42. The topological polar surface area (TPSA) is 46.6 Å². The first-order valence-electron chi connectivity index (χ1n) is 7.50. The normalized spacial score (nSPS) is 15.2. The molecule has 1 heterocycles. The van der Waals surface area contributed by atoms with Crippen molar-refractivity contribution >= 4 is 10.0 Å². The van der Waals surface area contributed by atoms with Crippen molar-refractivity contribution in [3.8, 4) is 0 Å². The van der Waals surface area contributed by atoms with E-state index in [2.05, 4.69) is 0 Å². The van der Waals surface area contributed by atoms with E-state index >= 15 is 0 Å². The number of halogens is 6. The Hall–Kier alpha value is -2.11. The van der Waals surface area contributed by atoms with Gasteiger partial charge in [0.25, 0.3) is 0 Å². The van der Waals surface area contributed by atoms with Gasteiger partial charge in [-0.3, -0.25) is 0 Å². The van der Waals surface area contributed by atoms with Crippen LogP contribution in [0.15, 0.2) is 29.2 Å². The quantitative estimate of drug-likeness (QED) is 0.432. The zero-order valence-corrected chi connectivity index (χ0v) is 14.2. The number of rotatable bonds is 5. The molecule has 3 rings (SSSR count). The fourth-order valence-electron chi connectivity index (χ4n) is 2.50. The molecule has 1 fully saturated rings. The average molecular weight is 411 g/mol. The fraction of sp³-hybridized carbons (Fsp3) is 0.250. The number of hydrogen-bond acceptors (Lipinski definition) is 3. The van der Waals surface area contributed by atoms with E-state index in [4.69, 9.17) is 4.74 Å². The van der Waals surface area contributed by atoms with Gasteiger partial charge in [-0.15, -0.1) is 0 Å². The van der Waals surface area contributed by atoms with Crippen LogP contribution in [0.4, 0.5) is 26.3 Å². The van der Waals surface area contributed by atoms with Crippen molar-refractivity contribution in [3.05, 3.63) is 64.7 Å². The van der Waals surface area contributed by atoms with Gasteiger partial charge in [0.2, 0.25) is 15.8 Å². The minimum atomic E-state index is -5.13. The molecule has 4 nitrogen and oxygen atoms in total. The van der Waals surface area contributed by atoms with E-state index in [1.165, 1.54) is 12.1 Å².